The van der Waals surface area contributed by atoms with E-state index in [0.29, 0.717) is 29.4 Å². The molecule has 0 unspecified atom stereocenters. The molecule has 0 aliphatic heterocycles. The molecule has 0 radical (unpaired) electrons. The van der Waals surface area contributed by atoms with Crippen LogP contribution in [0.1, 0.15) is 29.3 Å². The topological polar surface area (TPSA) is 26.3 Å². The highest BCUT2D eigenvalue weighted by molar-refractivity contribution is 6.30. The first-order chi connectivity index (χ1) is 9.20. The summed E-state index contributed by atoms with van der Waals surface area (Å²) in [6.45, 7) is 2.27. The van der Waals surface area contributed by atoms with Gasteiger partial charge in [-0.15, -0.1) is 0 Å². The van der Waals surface area contributed by atoms with Crippen molar-refractivity contribution >= 4 is 17.4 Å². The maximum absolute atomic E-state index is 11.8. The largest absolute Gasteiger partial charge is 0.488 e. The monoisotopic (exact) mass is 274 g/mol. The van der Waals surface area contributed by atoms with Crippen molar-refractivity contribution in [1.29, 1.82) is 0 Å². The minimum atomic E-state index is 0.0895. The lowest BCUT2D eigenvalue weighted by atomic mass is 10.1. The maximum Gasteiger partial charge on any atom is 0.166 e. The first-order valence-corrected chi connectivity index (χ1v) is 6.58. The molecule has 3 heteroatoms. The standard InChI is InChI=1S/C16H15ClO2/c1-2-15(18)14-5-3-4-6-16(14)19-11-12-7-9-13(17)10-8-12/h3-10H,2,11H2,1H3. The molecule has 0 spiro atoms. The molecule has 98 valence electrons. The molecule has 0 aromatic heterocycles. The normalized spacial score (nSPS) is 10.2. The predicted molar refractivity (Wildman–Crippen MR) is 76.8 cm³/mol. The lowest BCUT2D eigenvalue weighted by Crippen LogP contribution is -2.03. The predicted octanol–water partition coefficient (Wildman–Crippen LogP) is 4.51. The Labute approximate surface area is 118 Å². The number of halogens is 1. The number of ketones is 1. The number of hydrogen-bond donors (Lipinski definition) is 0. The summed E-state index contributed by atoms with van der Waals surface area (Å²) in [5.74, 6) is 0.719. The van der Waals surface area contributed by atoms with E-state index in [0.717, 1.165) is 5.56 Å². The number of rotatable bonds is 5. The number of carbonyl (C=O) groups is 1. The highest BCUT2D eigenvalue weighted by Gasteiger charge is 2.09. The molecule has 0 aliphatic carbocycles. The van der Waals surface area contributed by atoms with Gasteiger partial charge in [-0.25, -0.2) is 0 Å². The summed E-state index contributed by atoms with van der Waals surface area (Å²) in [6.07, 6.45) is 0.474. The second-order valence-corrected chi connectivity index (χ2v) is 4.62. The molecule has 2 aromatic carbocycles. The van der Waals surface area contributed by atoms with E-state index in [1.165, 1.54) is 0 Å². The van der Waals surface area contributed by atoms with Gasteiger partial charge in [0.05, 0.1) is 5.56 Å². The minimum absolute atomic E-state index is 0.0895. The van der Waals surface area contributed by atoms with Crippen molar-refractivity contribution in [3.05, 3.63) is 64.7 Å². The van der Waals surface area contributed by atoms with Crippen LogP contribution in [0.5, 0.6) is 5.75 Å². The third kappa shape index (κ3) is 3.58. The van der Waals surface area contributed by atoms with Crippen LogP contribution < -0.4 is 4.74 Å². The Balaban J connectivity index is 2.11. The van der Waals surface area contributed by atoms with Crippen LogP contribution in [-0.2, 0) is 6.61 Å². The van der Waals surface area contributed by atoms with Gasteiger partial charge in [0.1, 0.15) is 12.4 Å². The van der Waals surface area contributed by atoms with Gasteiger partial charge >= 0.3 is 0 Å². The Morgan fingerprint density at radius 1 is 1.11 bits per heavy atom. The quantitative estimate of drug-likeness (QED) is 0.750. The highest BCUT2D eigenvalue weighted by atomic mass is 35.5. The van der Waals surface area contributed by atoms with Crippen molar-refractivity contribution in [2.24, 2.45) is 0 Å². The van der Waals surface area contributed by atoms with Crippen molar-refractivity contribution in [3.8, 4) is 5.75 Å². The molecule has 0 atom stereocenters. The van der Waals surface area contributed by atoms with Crippen molar-refractivity contribution in [2.45, 2.75) is 20.0 Å². The van der Waals surface area contributed by atoms with E-state index in [2.05, 4.69) is 0 Å². The van der Waals surface area contributed by atoms with Crippen LogP contribution in [0.25, 0.3) is 0 Å². The molecule has 2 rings (SSSR count). The van der Waals surface area contributed by atoms with Gasteiger partial charge in [0.2, 0.25) is 0 Å². The molecular weight excluding hydrogens is 260 g/mol. The van der Waals surface area contributed by atoms with Crippen molar-refractivity contribution in [3.63, 3.8) is 0 Å². The third-order valence-electron chi connectivity index (χ3n) is 2.82. The van der Waals surface area contributed by atoms with Crippen LogP contribution >= 0.6 is 11.6 Å². The fraction of sp³-hybridized carbons (Fsp3) is 0.188. The van der Waals surface area contributed by atoms with Crippen LogP contribution in [0.3, 0.4) is 0 Å². The molecule has 2 aromatic rings. The number of carbonyl (C=O) groups excluding carboxylic acids is 1. The Morgan fingerprint density at radius 2 is 1.79 bits per heavy atom. The second kappa shape index (κ2) is 6.39. The van der Waals surface area contributed by atoms with E-state index in [1.807, 2.05) is 49.4 Å². The molecule has 0 amide bonds. The van der Waals surface area contributed by atoms with E-state index in [4.69, 9.17) is 16.3 Å². The first-order valence-electron chi connectivity index (χ1n) is 6.20. The van der Waals surface area contributed by atoms with Gasteiger partial charge in [0.25, 0.3) is 0 Å². The molecule has 19 heavy (non-hydrogen) atoms. The number of benzene rings is 2. The number of para-hydroxylation sites is 1. The molecule has 0 bridgehead atoms. The zero-order valence-corrected chi connectivity index (χ0v) is 11.5. The first kappa shape index (κ1) is 13.6. The smallest absolute Gasteiger partial charge is 0.166 e. The molecule has 0 saturated heterocycles. The Hall–Kier alpha value is -1.80. The second-order valence-electron chi connectivity index (χ2n) is 4.19. The van der Waals surface area contributed by atoms with Gasteiger partial charge in [0, 0.05) is 11.4 Å². The van der Waals surface area contributed by atoms with Crippen LogP contribution in [0.4, 0.5) is 0 Å². The Morgan fingerprint density at radius 3 is 2.47 bits per heavy atom. The van der Waals surface area contributed by atoms with Crippen molar-refractivity contribution in [2.75, 3.05) is 0 Å². The lowest BCUT2D eigenvalue weighted by Gasteiger charge is -2.10. The molecule has 2 nitrogen and oxygen atoms in total. The molecular formula is C16H15ClO2. The molecule has 0 fully saturated rings. The number of ether oxygens (including phenoxy) is 1. The van der Waals surface area contributed by atoms with Gasteiger partial charge in [-0.3, -0.25) is 4.79 Å². The number of Topliss-reactive ketones (excluding diaryl/α,β-unsaturated/α-hetero) is 1. The summed E-state index contributed by atoms with van der Waals surface area (Å²) in [5.41, 5.74) is 1.65. The van der Waals surface area contributed by atoms with Crippen LogP contribution in [0.2, 0.25) is 5.02 Å². The van der Waals surface area contributed by atoms with E-state index >= 15 is 0 Å². The fourth-order valence-electron chi connectivity index (χ4n) is 1.76. The SMILES string of the molecule is CCC(=O)c1ccccc1OCc1ccc(Cl)cc1. The fourth-order valence-corrected chi connectivity index (χ4v) is 1.88. The van der Waals surface area contributed by atoms with E-state index in [9.17, 15) is 4.79 Å². The van der Waals surface area contributed by atoms with Crippen molar-refractivity contribution < 1.29 is 9.53 Å². The minimum Gasteiger partial charge on any atom is -0.488 e. The summed E-state index contributed by atoms with van der Waals surface area (Å²) >= 11 is 5.83. The lowest BCUT2D eigenvalue weighted by molar-refractivity contribution is 0.0983. The van der Waals surface area contributed by atoms with Crippen molar-refractivity contribution in [1.82, 2.24) is 0 Å². The molecule has 0 N–H and O–H groups in total. The summed E-state index contributed by atoms with van der Waals surface area (Å²) in [5, 5.41) is 0.699. The van der Waals surface area contributed by atoms with E-state index < -0.39 is 0 Å². The molecule has 0 aliphatic rings. The summed E-state index contributed by atoms with van der Waals surface area (Å²) in [7, 11) is 0. The average Bonchev–Trinajstić information content (AvgIpc) is 2.46. The Bertz CT molecular complexity index is 561. The molecule has 0 heterocycles. The van der Waals surface area contributed by atoms with Gasteiger partial charge in [-0.2, -0.15) is 0 Å². The maximum atomic E-state index is 11.8. The van der Waals surface area contributed by atoms with Crippen LogP contribution in [-0.4, -0.2) is 5.78 Å². The third-order valence-corrected chi connectivity index (χ3v) is 3.07. The molecule has 0 saturated carbocycles. The average molecular weight is 275 g/mol. The Kier molecular flexibility index (Phi) is 4.58. The zero-order chi connectivity index (χ0) is 13.7. The summed E-state index contributed by atoms with van der Waals surface area (Å²) in [6, 6.07) is 14.8. The van der Waals surface area contributed by atoms with Crippen LogP contribution in [0, 0.1) is 0 Å². The van der Waals surface area contributed by atoms with Gasteiger partial charge in [-0.1, -0.05) is 42.8 Å². The van der Waals surface area contributed by atoms with Gasteiger partial charge < -0.3 is 4.74 Å². The summed E-state index contributed by atoms with van der Waals surface area (Å²) in [4.78, 5) is 11.8. The van der Waals surface area contributed by atoms with Gasteiger partial charge in [-0.05, 0) is 29.8 Å². The van der Waals surface area contributed by atoms with Crippen LogP contribution in [0.15, 0.2) is 48.5 Å². The van der Waals surface area contributed by atoms with E-state index in [-0.39, 0.29) is 5.78 Å². The van der Waals surface area contributed by atoms with E-state index in [1.54, 1.807) is 6.07 Å². The number of hydrogen-bond acceptors (Lipinski definition) is 2. The zero-order valence-electron chi connectivity index (χ0n) is 10.7. The van der Waals surface area contributed by atoms with Gasteiger partial charge in [0.15, 0.2) is 5.78 Å². The highest BCUT2D eigenvalue weighted by Crippen LogP contribution is 2.21. The summed E-state index contributed by atoms with van der Waals surface area (Å²) < 4.78 is 5.72.